The zero-order valence-electron chi connectivity index (χ0n) is 11.7. The van der Waals surface area contributed by atoms with Gasteiger partial charge in [-0.25, -0.2) is 9.59 Å². The fourth-order valence-corrected chi connectivity index (χ4v) is 1.75. The molecule has 0 radical (unpaired) electrons. The molecule has 2 aromatic carbocycles. The maximum absolute atomic E-state index is 12.0. The quantitative estimate of drug-likeness (QED) is 0.354. The molecular weight excluding hydrogens is 284 g/mol. The fraction of sp³-hybridized carbons (Fsp3) is 0.0588. The van der Waals surface area contributed by atoms with Gasteiger partial charge in [-0.1, -0.05) is 49.0 Å². The van der Waals surface area contributed by atoms with Gasteiger partial charge < -0.3 is 4.74 Å². The third-order valence-corrected chi connectivity index (χ3v) is 2.76. The summed E-state index contributed by atoms with van der Waals surface area (Å²) in [5, 5.41) is 0. The molecule has 0 aliphatic heterocycles. The molecule has 0 bridgehead atoms. The molecule has 5 nitrogen and oxygen atoms in total. The van der Waals surface area contributed by atoms with E-state index in [4.69, 9.17) is 9.78 Å². The number of ether oxygens (including phenoxy) is 1. The second kappa shape index (κ2) is 7.75. The lowest BCUT2D eigenvalue weighted by atomic mass is 10.1. The van der Waals surface area contributed by atoms with Crippen molar-refractivity contribution in [1.82, 2.24) is 0 Å². The number of carbonyl (C=O) groups excluding carboxylic acids is 2. The Morgan fingerprint density at radius 2 is 1.50 bits per heavy atom. The molecule has 22 heavy (non-hydrogen) atoms. The summed E-state index contributed by atoms with van der Waals surface area (Å²) in [6.45, 7) is 3.42. The molecule has 0 amide bonds. The van der Waals surface area contributed by atoms with Gasteiger partial charge in [-0.05, 0) is 17.7 Å². The van der Waals surface area contributed by atoms with Crippen LogP contribution in [0.15, 0.2) is 67.4 Å². The van der Waals surface area contributed by atoms with Gasteiger partial charge in [0.25, 0.3) is 0 Å². The number of esters is 1. The van der Waals surface area contributed by atoms with Crippen LogP contribution in [0.3, 0.4) is 0 Å². The van der Waals surface area contributed by atoms with E-state index in [1.807, 2.05) is 30.3 Å². The van der Waals surface area contributed by atoms with Crippen molar-refractivity contribution in [2.75, 3.05) is 0 Å². The maximum atomic E-state index is 12.0. The first-order chi connectivity index (χ1) is 10.7. The van der Waals surface area contributed by atoms with Crippen LogP contribution in [0.1, 0.15) is 26.3 Å². The number of hydrogen-bond acceptors (Lipinski definition) is 5. The molecule has 0 heterocycles. The highest BCUT2D eigenvalue weighted by atomic mass is 17.2. The van der Waals surface area contributed by atoms with Gasteiger partial charge in [0.05, 0.1) is 17.4 Å². The van der Waals surface area contributed by atoms with Crippen LogP contribution >= 0.6 is 0 Å². The lowest BCUT2D eigenvalue weighted by Crippen LogP contribution is -2.13. The van der Waals surface area contributed by atoms with Crippen molar-refractivity contribution < 1.29 is 24.1 Å². The molecule has 2 rings (SSSR count). The molecule has 0 fully saturated rings. The van der Waals surface area contributed by atoms with Crippen molar-refractivity contribution >= 4 is 11.9 Å². The van der Waals surface area contributed by atoms with Gasteiger partial charge in [-0.15, -0.1) is 0 Å². The van der Waals surface area contributed by atoms with E-state index in [2.05, 4.69) is 11.3 Å². The fourth-order valence-electron chi connectivity index (χ4n) is 1.75. The minimum atomic E-state index is -0.771. The third kappa shape index (κ3) is 4.04. The molecule has 112 valence electrons. The summed E-state index contributed by atoms with van der Waals surface area (Å²) in [6.07, 6.45) is 0.996. The third-order valence-electron chi connectivity index (χ3n) is 2.76. The summed E-state index contributed by atoms with van der Waals surface area (Å²) in [7, 11) is 0. The molecular formula is C17H14O5. The van der Waals surface area contributed by atoms with E-state index in [1.54, 1.807) is 12.1 Å². The van der Waals surface area contributed by atoms with Gasteiger partial charge in [-0.2, -0.15) is 4.89 Å². The van der Waals surface area contributed by atoms with E-state index >= 15 is 0 Å². The smallest absolute Gasteiger partial charge is 0.373 e. The van der Waals surface area contributed by atoms with Crippen LogP contribution in [0.2, 0.25) is 0 Å². The summed E-state index contributed by atoms with van der Waals surface area (Å²) < 4.78 is 4.67. The molecule has 0 aromatic heterocycles. The van der Waals surface area contributed by atoms with Crippen molar-refractivity contribution in [3.05, 3.63) is 84.1 Å². The molecule has 0 atom stereocenters. The summed E-state index contributed by atoms with van der Waals surface area (Å²) in [6, 6.07) is 15.4. The Bertz CT molecular complexity index is 664. The second-order valence-electron chi connectivity index (χ2n) is 4.24. The normalized spacial score (nSPS) is 9.82. The van der Waals surface area contributed by atoms with Crippen LogP contribution in [0.5, 0.6) is 0 Å². The Hall–Kier alpha value is -2.92. The van der Waals surface area contributed by atoms with Crippen molar-refractivity contribution in [2.45, 2.75) is 6.61 Å². The summed E-state index contributed by atoms with van der Waals surface area (Å²) in [5.41, 5.74) is 0.993. The average molecular weight is 298 g/mol. The molecule has 0 spiro atoms. The largest absolute Gasteiger partial charge is 0.432 e. The first kappa shape index (κ1) is 15.5. The summed E-state index contributed by atoms with van der Waals surface area (Å²) in [5.74, 6) is -1.46. The van der Waals surface area contributed by atoms with Gasteiger partial charge in [0.15, 0.2) is 0 Å². The number of benzene rings is 2. The van der Waals surface area contributed by atoms with E-state index in [9.17, 15) is 9.59 Å². The first-order valence-electron chi connectivity index (χ1n) is 6.51. The van der Waals surface area contributed by atoms with Crippen molar-refractivity contribution in [3.8, 4) is 0 Å². The minimum absolute atomic E-state index is 0.0578. The van der Waals surface area contributed by atoms with Crippen LogP contribution in [0.4, 0.5) is 0 Å². The van der Waals surface area contributed by atoms with Gasteiger partial charge >= 0.3 is 11.9 Å². The topological polar surface area (TPSA) is 61.8 Å². The Balaban J connectivity index is 2.00. The highest BCUT2D eigenvalue weighted by Crippen LogP contribution is 2.13. The molecule has 0 N–H and O–H groups in total. The molecule has 0 aliphatic rings. The second-order valence-corrected chi connectivity index (χ2v) is 4.24. The van der Waals surface area contributed by atoms with Gasteiger partial charge in [0.2, 0.25) is 0 Å². The van der Waals surface area contributed by atoms with E-state index in [0.717, 1.165) is 11.8 Å². The van der Waals surface area contributed by atoms with Crippen LogP contribution in [-0.4, -0.2) is 11.9 Å². The zero-order valence-corrected chi connectivity index (χ0v) is 11.7. The summed E-state index contributed by atoms with van der Waals surface area (Å²) >= 11 is 0. The van der Waals surface area contributed by atoms with E-state index in [1.165, 1.54) is 12.1 Å². The SMILES string of the molecule is C=COC(=O)c1ccccc1C(=O)OOCc1ccccc1. The van der Waals surface area contributed by atoms with Gasteiger partial charge in [0.1, 0.15) is 6.61 Å². The predicted octanol–water partition coefficient (Wildman–Crippen LogP) is 3.28. The van der Waals surface area contributed by atoms with Crippen LogP contribution in [0.25, 0.3) is 0 Å². The number of hydrogen-bond donors (Lipinski definition) is 0. The monoisotopic (exact) mass is 298 g/mol. The minimum Gasteiger partial charge on any atom is -0.432 e. The summed E-state index contributed by atoms with van der Waals surface area (Å²) in [4.78, 5) is 33.3. The molecule has 0 saturated carbocycles. The molecule has 5 heteroatoms. The lowest BCUT2D eigenvalue weighted by Gasteiger charge is -2.07. The molecule has 0 aliphatic carbocycles. The Labute approximate surface area is 127 Å². The standard InChI is InChI=1S/C17H14O5/c1-2-20-16(18)14-10-6-7-11-15(14)17(19)22-21-12-13-8-4-3-5-9-13/h2-11H,1,12H2. The van der Waals surface area contributed by atoms with Crippen molar-refractivity contribution in [2.24, 2.45) is 0 Å². The highest BCUT2D eigenvalue weighted by molar-refractivity contribution is 6.03. The van der Waals surface area contributed by atoms with E-state index in [-0.39, 0.29) is 17.7 Å². The zero-order chi connectivity index (χ0) is 15.8. The van der Waals surface area contributed by atoms with Crippen molar-refractivity contribution in [3.63, 3.8) is 0 Å². The van der Waals surface area contributed by atoms with Crippen molar-refractivity contribution in [1.29, 1.82) is 0 Å². The molecule has 0 saturated heterocycles. The number of rotatable bonds is 6. The van der Waals surface area contributed by atoms with Gasteiger partial charge in [-0.3, -0.25) is 4.89 Å². The maximum Gasteiger partial charge on any atom is 0.373 e. The average Bonchev–Trinajstić information content (AvgIpc) is 2.56. The molecule has 2 aromatic rings. The predicted molar refractivity (Wildman–Crippen MR) is 78.7 cm³/mol. The van der Waals surface area contributed by atoms with E-state index < -0.39 is 11.9 Å². The molecule has 0 unspecified atom stereocenters. The van der Waals surface area contributed by atoms with Crippen LogP contribution < -0.4 is 0 Å². The number of carbonyl (C=O) groups is 2. The Morgan fingerprint density at radius 3 is 2.14 bits per heavy atom. The van der Waals surface area contributed by atoms with Gasteiger partial charge in [0, 0.05) is 0 Å². The van der Waals surface area contributed by atoms with Crippen LogP contribution in [0, 0.1) is 0 Å². The Kier molecular flexibility index (Phi) is 5.45. The Morgan fingerprint density at radius 1 is 0.909 bits per heavy atom. The van der Waals surface area contributed by atoms with Crippen LogP contribution in [-0.2, 0) is 21.1 Å². The first-order valence-corrected chi connectivity index (χ1v) is 6.51. The highest BCUT2D eigenvalue weighted by Gasteiger charge is 2.19. The van der Waals surface area contributed by atoms with E-state index in [0.29, 0.717) is 0 Å². The lowest BCUT2D eigenvalue weighted by molar-refractivity contribution is -0.250.